The van der Waals surface area contributed by atoms with E-state index in [1.54, 1.807) is 30.3 Å². The van der Waals surface area contributed by atoms with Gasteiger partial charge in [-0.1, -0.05) is 18.2 Å². The van der Waals surface area contributed by atoms with E-state index < -0.39 is 0 Å². The first kappa shape index (κ1) is 21.9. The molecule has 1 aliphatic rings. The second kappa shape index (κ2) is 9.82. The average Bonchev–Trinajstić information content (AvgIpc) is 3.02. The number of hydrogen-bond acceptors (Lipinski definition) is 6. The Labute approximate surface area is 181 Å². The summed E-state index contributed by atoms with van der Waals surface area (Å²) in [6.07, 6.45) is 0. The number of thioether (sulfide) groups is 1. The van der Waals surface area contributed by atoms with Gasteiger partial charge in [-0.25, -0.2) is 4.90 Å². The van der Waals surface area contributed by atoms with Gasteiger partial charge in [0.1, 0.15) is 5.75 Å². The number of carbonyl (C=O) groups excluding carboxylic acids is 2. The standard InChI is InChI=1S/C23H26N2O4S/c1-4-24(5-2)16-10-12-17(13-11-16)25-22(27)20(21(23(25)28)30-15-14-26)18-8-6-7-9-19(18)29-3/h6-13,26H,4-5,14-15H2,1-3H3. The molecule has 1 heterocycles. The van der Waals surface area contributed by atoms with Gasteiger partial charge in [0.25, 0.3) is 11.8 Å². The first-order chi connectivity index (χ1) is 14.6. The summed E-state index contributed by atoms with van der Waals surface area (Å²) >= 11 is 1.19. The normalized spacial score (nSPS) is 13.9. The fraction of sp³-hybridized carbons (Fsp3) is 0.304. The van der Waals surface area contributed by atoms with Crippen LogP contribution in [0.5, 0.6) is 5.75 Å². The molecule has 0 aromatic heterocycles. The van der Waals surface area contributed by atoms with E-state index in [4.69, 9.17) is 4.74 Å². The Morgan fingerprint density at radius 1 is 1.00 bits per heavy atom. The van der Waals surface area contributed by atoms with Gasteiger partial charge < -0.3 is 14.7 Å². The van der Waals surface area contributed by atoms with Crippen LogP contribution >= 0.6 is 11.8 Å². The minimum Gasteiger partial charge on any atom is -0.496 e. The van der Waals surface area contributed by atoms with Crippen LogP contribution in [0, 0.1) is 0 Å². The number of aliphatic hydroxyl groups excluding tert-OH is 1. The number of benzene rings is 2. The molecule has 158 valence electrons. The van der Waals surface area contributed by atoms with E-state index in [-0.39, 0.29) is 18.4 Å². The first-order valence-electron chi connectivity index (χ1n) is 9.92. The summed E-state index contributed by atoms with van der Waals surface area (Å²) in [5.41, 5.74) is 2.44. The number of para-hydroxylation sites is 1. The van der Waals surface area contributed by atoms with Crippen LogP contribution in [-0.4, -0.2) is 49.5 Å². The van der Waals surface area contributed by atoms with Gasteiger partial charge in [-0.2, -0.15) is 0 Å². The van der Waals surface area contributed by atoms with Crippen molar-refractivity contribution in [2.24, 2.45) is 0 Å². The largest absolute Gasteiger partial charge is 0.496 e. The molecule has 2 aromatic rings. The van der Waals surface area contributed by atoms with Crippen molar-refractivity contribution in [1.82, 2.24) is 0 Å². The van der Waals surface area contributed by atoms with E-state index >= 15 is 0 Å². The molecule has 0 atom stereocenters. The lowest BCUT2D eigenvalue weighted by atomic mass is 10.0. The van der Waals surface area contributed by atoms with Gasteiger partial charge in [0.2, 0.25) is 0 Å². The van der Waals surface area contributed by atoms with Crippen LogP contribution in [0.2, 0.25) is 0 Å². The maximum atomic E-state index is 13.4. The summed E-state index contributed by atoms with van der Waals surface area (Å²) in [6.45, 7) is 5.82. The van der Waals surface area contributed by atoms with E-state index in [2.05, 4.69) is 18.7 Å². The molecule has 7 heteroatoms. The molecule has 0 spiro atoms. The van der Waals surface area contributed by atoms with E-state index in [9.17, 15) is 14.7 Å². The second-order valence-corrected chi connectivity index (χ2v) is 7.72. The molecule has 2 aromatic carbocycles. The third kappa shape index (κ3) is 4.08. The summed E-state index contributed by atoms with van der Waals surface area (Å²) in [7, 11) is 1.53. The quantitative estimate of drug-likeness (QED) is 0.619. The number of rotatable bonds is 9. The van der Waals surface area contributed by atoms with Crippen LogP contribution in [-0.2, 0) is 9.59 Å². The number of ether oxygens (including phenoxy) is 1. The van der Waals surface area contributed by atoms with Crippen LogP contribution < -0.4 is 14.5 Å². The molecule has 0 fully saturated rings. The zero-order valence-electron chi connectivity index (χ0n) is 17.4. The van der Waals surface area contributed by atoms with Crippen molar-refractivity contribution in [3.63, 3.8) is 0 Å². The SMILES string of the molecule is CCN(CC)c1ccc(N2C(=O)C(SCCO)=C(c3ccccc3OC)C2=O)cc1. The van der Waals surface area contributed by atoms with Crippen molar-refractivity contribution >= 4 is 40.5 Å². The molecule has 1 aliphatic heterocycles. The lowest BCUT2D eigenvalue weighted by molar-refractivity contribution is -0.119. The molecule has 30 heavy (non-hydrogen) atoms. The highest BCUT2D eigenvalue weighted by Gasteiger charge is 2.41. The maximum absolute atomic E-state index is 13.4. The Hall–Kier alpha value is -2.77. The smallest absolute Gasteiger partial charge is 0.272 e. The number of hydrogen-bond donors (Lipinski definition) is 1. The predicted octanol–water partition coefficient (Wildman–Crippen LogP) is 3.55. The summed E-state index contributed by atoms with van der Waals surface area (Å²) in [5.74, 6) is 0.0758. The predicted molar refractivity (Wildman–Crippen MR) is 122 cm³/mol. The summed E-state index contributed by atoms with van der Waals surface area (Å²) in [5, 5.41) is 9.27. The van der Waals surface area contributed by atoms with Gasteiger partial charge in [-0.3, -0.25) is 9.59 Å². The molecule has 2 amide bonds. The number of methoxy groups -OCH3 is 1. The van der Waals surface area contributed by atoms with E-state index in [1.807, 2.05) is 18.2 Å². The highest BCUT2D eigenvalue weighted by atomic mass is 32.2. The molecular weight excluding hydrogens is 400 g/mol. The van der Waals surface area contributed by atoms with Gasteiger partial charge in [-0.05, 0) is 44.2 Å². The molecule has 0 aliphatic carbocycles. The van der Waals surface area contributed by atoms with Gasteiger partial charge in [-0.15, -0.1) is 11.8 Å². The van der Waals surface area contributed by atoms with Crippen LogP contribution in [0.3, 0.4) is 0 Å². The lowest BCUT2D eigenvalue weighted by Crippen LogP contribution is -2.31. The Balaban J connectivity index is 2.02. The van der Waals surface area contributed by atoms with E-state index in [0.717, 1.165) is 18.8 Å². The Morgan fingerprint density at radius 3 is 2.27 bits per heavy atom. The fourth-order valence-electron chi connectivity index (χ4n) is 3.52. The summed E-state index contributed by atoms with van der Waals surface area (Å²) < 4.78 is 5.42. The van der Waals surface area contributed by atoms with Crippen molar-refractivity contribution in [1.29, 1.82) is 0 Å². The summed E-state index contributed by atoms with van der Waals surface area (Å²) in [4.78, 5) is 30.3. The third-order valence-electron chi connectivity index (χ3n) is 4.99. The highest BCUT2D eigenvalue weighted by Crippen LogP contribution is 2.41. The zero-order valence-corrected chi connectivity index (χ0v) is 18.2. The topological polar surface area (TPSA) is 70.1 Å². The van der Waals surface area contributed by atoms with Crippen LogP contribution in [0.15, 0.2) is 53.4 Å². The first-order valence-corrected chi connectivity index (χ1v) is 10.9. The van der Waals surface area contributed by atoms with Gasteiger partial charge in [0.15, 0.2) is 0 Å². The van der Waals surface area contributed by atoms with Crippen molar-refractivity contribution < 1.29 is 19.4 Å². The number of aliphatic hydroxyl groups is 1. The number of anilines is 2. The molecule has 3 rings (SSSR count). The number of nitrogens with zero attached hydrogens (tertiary/aromatic N) is 2. The Kier molecular flexibility index (Phi) is 7.18. The molecule has 0 saturated carbocycles. The maximum Gasteiger partial charge on any atom is 0.272 e. The second-order valence-electron chi connectivity index (χ2n) is 6.61. The molecule has 0 bridgehead atoms. The minimum atomic E-state index is -0.388. The van der Waals surface area contributed by atoms with E-state index in [0.29, 0.717) is 33.2 Å². The molecule has 0 saturated heterocycles. The van der Waals surface area contributed by atoms with Crippen molar-refractivity contribution in [3.8, 4) is 5.75 Å². The van der Waals surface area contributed by atoms with Crippen molar-refractivity contribution in [2.75, 3.05) is 42.4 Å². The fourth-order valence-corrected chi connectivity index (χ4v) is 4.37. The van der Waals surface area contributed by atoms with Crippen LogP contribution in [0.1, 0.15) is 19.4 Å². The van der Waals surface area contributed by atoms with E-state index in [1.165, 1.54) is 23.8 Å². The van der Waals surface area contributed by atoms with Gasteiger partial charge in [0, 0.05) is 30.1 Å². The Bertz CT molecular complexity index is 952. The monoisotopic (exact) mass is 426 g/mol. The molecular formula is C23H26N2O4S. The zero-order chi connectivity index (χ0) is 21.7. The van der Waals surface area contributed by atoms with Crippen LogP contribution in [0.4, 0.5) is 11.4 Å². The van der Waals surface area contributed by atoms with Gasteiger partial charge >= 0.3 is 0 Å². The lowest BCUT2D eigenvalue weighted by Gasteiger charge is -2.22. The average molecular weight is 427 g/mol. The molecule has 6 nitrogen and oxygen atoms in total. The molecule has 0 unspecified atom stereocenters. The number of carbonyl (C=O) groups is 2. The van der Waals surface area contributed by atoms with Crippen LogP contribution in [0.25, 0.3) is 5.57 Å². The highest BCUT2D eigenvalue weighted by molar-refractivity contribution is 8.04. The van der Waals surface area contributed by atoms with Gasteiger partial charge in [0.05, 0.1) is 29.9 Å². The molecule has 0 radical (unpaired) electrons. The Morgan fingerprint density at radius 2 is 1.67 bits per heavy atom. The molecule has 1 N–H and O–H groups in total. The number of amides is 2. The summed E-state index contributed by atoms with van der Waals surface area (Å²) in [6, 6.07) is 14.6. The number of imide groups is 1. The third-order valence-corrected chi connectivity index (χ3v) is 6.05. The van der Waals surface area contributed by atoms with Crippen molar-refractivity contribution in [3.05, 3.63) is 59.0 Å². The minimum absolute atomic E-state index is 0.0899. The van der Waals surface area contributed by atoms with Crippen molar-refractivity contribution in [2.45, 2.75) is 13.8 Å².